The second kappa shape index (κ2) is 4.14. The highest BCUT2D eigenvalue weighted by Crippen LogP contribution is 2.35. The van der Waals surface area contributed by atoms with Gasteiger partial charge in [-0.05, 0) is 19.1 Å². The third-order valence-electron chi connectivity index (χ3n) is 2.61. The van der Waals surface area contributed by atoms with Crippen LogP contribution in [0.3, 0.4) is 0 Å². The van der Waals surface area contributed by atoms with E-state index in [1.807, 2.05) is 0 Å². The maximum Gasteiger partial charge on any atom is 0.252 e. The number of pyridine rings is 1. The van der Waals surface area contributed by atoms with Crippen molar-refractivity contribution in [3.8, 4) is 0 Å². The zero-order chi connectivity index (χ0) is 13.3. The standard InChI is InChI=1S/C12H12N2O4/c1-7(15)14-11-9(16)10(17)12(2,18-11)8-5-3-4-6-13-8/h3-6,16H,1-2H3,(H,14,15). The topological polar surface area (TPSA) is 88.5 Å². The zero-order valence-corrected chi connectivity index (χ0v) is 9.93. The fourth-order valence-electron chi connectivity index (χ4n) is 1.69. The molecule has 0 saturated heterocycles. The van der Waals surface area contributed by atoms with Gasteiger partial charge in [0, 0.05) is 13.1 Å². The highest BCUT2D eigenvalue weighted by Gasteiger charge is 2.49. The van der Waals surface area contributed by atoms with Crippen molar-refractivity contribution in [1.29, 1.82) is 0 Å². The van der Waals surface area contributed by atoms with Gasteiger partial charge < -0.3 is 9.84 Å². The SMILES string of the molecule is CC(=O)NC1=C(O)C(=O)C(C)(c2ccccn2)O1. The molecular weight excluding hydrogens is 236 g/mol. The Morgan fingerprint density at radius 3 is 2.78 bits per heavy atom. The van der Waals surface area contributed by atoms with Crippen molar-refractivity contribution in [2.75, 3.05) is 0 Å². The van der Waals surface area contributed by atoms with Crippen LogP contribution < -0.4 is 5.32 Å². The smallest absolute Gasteiger partial charge is 0.252 e. The van der Waals surface area contributed by atoms with Crippen LogP contribution in [0.5, 0.6) is 0 Å². The molecule has 0 radical (unpaired) electrons. The summed E-state index contributed by atoms with van der Waals surface area (Å²) in [4.78, 5) is 27.0. The van der Waals surface area contributed by atoms with Gasteiger partial charge in [-0.3, -0.25) is 19.9 Å². The maximum atomic E-state index is 12.0. The number of Topliss-reactive ketones (excluding diaryl/α,β-unsaturated/α-hetero) is 1. The fourth-order valence-corrected chi connectivity index (χ4v) is 1.69. The lowest BCUT2D eigenvalue weighted by Crippen LogP contribution is -2.32. The van der Waals surface area contributed by atoms with Crippen LogP contribution in [0.1, 0.15) is 19.5 Å². The van der Waals surface area contributed by atoms with Gasteiger partial charge in [0.25, 0.3) is 5.78 Å². The molecule has 6 heteroatoms. The number of nitrogens with zero attached hydrogens (tertiary/aromatic N) is 1. The van der Waals surface area contributed by atoms with Crippen LogP contribution in [0.2, 0.25) is 0 Å². The fraction of sp³-hybridized carbons (Fsp3) is 0.250. The van der Waals surface area contributed by atoms with Crippen molar-refractivity contribution >= 4 is 11.7 Å². The van der Waals surface area contributed by atoms with E-state index in [0.717, 1.165) is 0 Å². The number of hydrogen-bond donors (Lipinski definition) is 2. The minimum absolute atomic E-state index is 0.236. The molecule has 1 aliphatic heterocycles. The van der Waals surface area contributed by atoms with Gasteiger partial charge in [0.2, 0.25) is 23.2 Å². The Morgan fingerprint density at radius 1 is 1.50 bits per heavy atom. The normalized spacial score (nSPS) is 22.9. The summed E-state index contributed by atoms with van der Waals surface area (Å²) < 4.78 is 5.36. The number of aromatic nitrogens is 1. The molecule has 0 bridgehead atoms. The van der Waals surface area contributed by atoms with Crippen LogP contribution in [0.25, 0.3) is 0 Å². The molecule has 2 heterocycles. The third-order valence-corrected chi connectivity index (χ3v) is 2.61. The maximum absolute atomic E-state index is 12.0. The summed E-state index contributed by atoms with van der Waals surface area (Å²) in [7, 11) is 0. The number of aliphatic hydroxyl groups excluding tert-OH is 1. The lowest BCUT2D eigenvalue weighted by atomic mass is 9.96. The summed E-state index contributed by atoms with van der Waals surface area (Å²) in [6.07, 6.45) is 1.52. The van der Waals surface area contributed by atoms with Gasteiger partial charge in [-0.25, -0.2) is 0 Å². The third kappa shape index (κ3) is 1.81. The molecule has 2 rings (SSSR count). The van der Waals surface area contributed by atoms with E-state index in [-0.39, 0.29) is 5.88 Å². The van der Waals surface area contributed by atoms with E-state index >= 15 is 0 Å². The van der Waals surface area contributed by atoms with E-state index < -0.39 is 23.1 Å². The van der Waals surface area contributed by atoms with Gasteiger partial charge in [-0.15, -0.1) is 0 Å². The van der Waals surface area contributed by atoms with E-state index in [9.17, 15) is 14.7 Å². The Balaban J connectivity index is 2.36. The first-order valence-corrected chi connectivity index (χ1v) is 5.31. The summed E-state index contributed by atoms with van der Waals surface area (Å²) >= 11 is 0. The van der Waals surface area contributed by atoms with E-state index in [1.54, 1.807) is 18.2 Å². The van der Waals surface area contributed by atoms with E-state index in [1.165, 1.54) is 20.0 Å². The largest absolute Gasteiger partial charge is 0.501 e. The van der Waals surface area contributed by atoms with Crippen LogP contribution >= 0.6 is 0 Å². The first-order chi connectivity index (χ1) is 8.45. The van der Waals surface area contributed by atoms with Crippen molar-refractivity contribution in [2.45, 2.75) is 19.4 Å². The first-order valence-electron chi connectivity index (χ1n) is 5.31. The number of rotatable bonds is 2. The van der Waals surface area contributed by atoms with Crippen LogP contribution in [0.15, 0.2) is 36.0 Å². The highest BCUT2D eigenvalue weighted by atomic mass is 16.5. The molecular formula is C12H12N2O4. The van der Waals surface area contributed by atoms with Gasteiger partial charge in [0.05, 0.1) is 5.69 Å². The molecule has 94 valence electrons. The summed E-state index contributed by atoms with van der Waals surface area (Å²) in [5.41, 5.74) is -1.05. The van der Waals surface area contributed by atoms with Crippen molar-refractivity contribution in [3.05, 3.63) is 41.7 Å². The van der Waals surface area contributed by atoms with Gasteiger partial charge in [-0.1, -0.05) is 6.07 Å². The van der Waals surface area contributed by atoms with Crippen molar-refractivity contribution in [3.63, 3.8) is 0 Å². The number of hydrogen-bond acceptors (Lipinski definition) is 5. The molecule has 1 aliphatic rings. The Morgan fingerprint density at radius 2 is 2.22 bits per heavy atom. The number of ketones is 1. The van der Waals surface area contributed by atoms with E-state index in [4.69, 9.17) is 4.74 Å². The minimum Gasteiger partial charge on any atom is -0.501 e. The second-order valence-electron chi connectivity index (χ2n) is 4.04. The van der Waals surface area contributed by atoms with Crippen LogP contribution in [0.4, 0.5) is 0 Å². The molecule has 18 heavy (non-hydrogen) atoms. The lowest BCUT2D eigenvalue weighted by molar-refractivity contribution is -0.133. The number of nitrogens with one attached hydrogen (secondary N) is 1. The molecule has 0 spiro atoms. The van der Waals surface area contributed by atoms with Crippen molar-refractivity contribution in [1.82, 2.24) is 10.3 Å². The predicted octanol–water partition coefficient (Wildman–Crippen LogP) is 0.759. The highest BCUT2D eigenvalue weighted by molar-refractivity contribution is 6.02. The number of carbonyl (C=O) groups excluding carboxylic acids is 2. The summed E-state index contributed by atoms with van der Waals surface area (Å²) in [6, 6.07) is 5.02. The Bertz CT molecular complexity index is 538. The average Bonchev–Trinajstić information content (AvgIpc) is 2.56. The van der Waals surface area contributed by atoms with E-state index in [0.29, 0.717) is 5.69 Å². The molecule has 0 fully saturated rings. The number of ether oxygens (including phenoxy) is 1. The molecule has 1 unspecified atom stereocenters. The van der Waals surface area contributed by atoms with Gasteiger partial charge in [0.15, 0.2) is 0 Å². The second-order valence-corrected chi connectivity index (χ2v) is 4.04. The average molecular weight is 248 g/mol. The quantitative estimate of drug-likeness (QED) is 0.806. The monoisotopic (exact) mass is 248 g/mol. The Kier molecular flexibility index (Phi) is 2.78. The first kappa shape index (κ1) is 12.1. The molecule has 1 aromatic heterocycles. The molecule has 1 atom stereocenters. The van der Waals surface area contributed by atoms with Crippen LogP contribution in [0, 0.1) is 0 Å². The van der Waals surface area contributed by atoms with Crippen LogP contribution in [-0.4, -0.2) is 21.8 Å². The molecule has 0 aliphatic carbocycles. The van der Waals surface area contributed by atoms with Gasteiger partial charge >= 0.3 is 0 Å². The number of amides is 1. The Hall–Kier alpha value is -2.37. The summed E-state index contributed by atoms with van der Waals surface area (Å²) in [5, 5.41) is 11.9. The molecule has 6 nitrogen and oxygen atoms in total. The van der Waals surface area contributed by atoms with Crippen molar-refractivity contribution in [2.24, 2.45) is 0 Å². The molecule has 0 aromatic carbocycles. The lowest BCUT2D eigenvalue weighted by Gasteiger charge is -2.22. The minimum atomic E-state index is -1.41. The predicted molar refractivity (Wildman–Crippen MR) is 61.2 cm³/mol. The van der Waals surface area contributed by atoms with Crippen LogP contribution in [-0.2, 0) is 19.9 Å². The van der Waals surface area contributed by atoms with Gasteiger partial charge in [-0.2, -0.15) is 0 Å². The zero-order valence-electron chi connectivity index (χ0n) is 9.93. The number of aliphatic hydroxyl groups is 1. The summed E-state index contributed by atoms with van der Waals surface area (Å²) in [5.74, 6) is -1.90. The molecule has 1 aromatic rings. The van der Waals surface area contributed by atoms with Crippen molar-refractivity contribution < 1.29 is 19.4 Å². The summed E-state index contributed by atoms with van der Waals surface area (Å²) in [6.45, 7) is 2.74. The molecule has 2 N–H and O–H groups in total. The Labute approximate surface area is 103 Å². The molecule has 0 saturated carbocycles. The van der Waals surface area contributed by atoms with E-state index in [2.05, 4.69) is 10.3 Å². The van der Waals surface area contributed by atoms with Gasteiger partial charge in [0.1, 0.15) is 0 Å². The molecule has 1 amide bonds. The number of carbonyl (C=O) groups is 2.